The molecule has 0 bridgehead atoms. The lowest BCUT2D eigenvalue weighted by Crippen LogP contribution is -2.44. The van der Waals surface area contributed by atoms with Gasteiger partial charge in [-0.3, -0.25) is 19.2 Å². The number of carbonyl (C=O) groups excluding carboxylic acids is 3. The Labute approximate surface area is 150 Å². The number of urea groups is 1. The van der Waals surface area contributed by atoms with Crippen LogP contribution in [-0.4, -0.2) is 52.3 Å². The monoisotopic (exact) mass is 391 g/mol. The topological polar surface area (TPSA) is 122 Å². The predicted octanol–water partition coefficient (Wildman–Crippen LogP) is 0.493. The van der Waals surface area contributed by atoms with Crippen LogP contribution in [0.4, 0.5) is 10.5 Å². The van der Waals surface area contributed by atoms with Gasteiger partial charge >= 0.3 is 12.0 Å². The average molecular weight is 392 g/mol. The van der Waals surface area contributed by atoms with Crippen molar-refractivity contribution in [2.75, 3.05) is 24.2 Å². The summed E-state index contributed by atoms with van der Waals surface area (Å²) in [5.41, 5.74) is 0.175. The van der Waals surface area contributed by atoms with Crippen LogP contribution in [0.25, 0.3) is 0 Å². The first-order valence-electron chi connectivity index (χ1n) is 7.00. The minimum atomic E-state index is -3.80. The molecular weight excluding hydrogens is 374 g/mol. The van der Waals surface area contributed by atoms with Crippen molar-refractivity contribution in [3.8, 4) is 0 Å². The number of nitrogens with one attached hydrogen (secondary N) is 2. The van der Waals surface area contributed by atoms with Crippen LogP contribution in [0.2, 0.25) is 5.02 Å². The van der Waals surface area contributed by atoms with E-state index in [9.17, 15) is 22.8 Å². The molecule has 0 radical (unpaired) electrons. The summed E-state index contributed by atoms with van der Waals surface area (Å²) in [6, 6.07) is 5.15. The zero-order valence-electron chi connectivity index (χ0n) is 13.8. The lowest BCUT2D eigenvalue weighted by atomic mass is 10.3. The lowest BCUT2D eigenvalue weighted by molar-refractivity contribution is -0.152. The summed E-state index contributed by atoms with van der Waals surface area (Å²) < 4.78 is 29.5. The number of amides is 3. The van der Waals surface area contributed by atoms with E-state index in [1.165, 1.54) is 32.2 Å². The second-order valence-corrected chi connectivity index (χ2v) is 7.29. The number of esters is 1. The SMILES string of the molecule is CNC(=O)NC(=O)[C@H](C)OC(=O)CN(c1cccc(Cl)c1)S(C)(=O)=O. The number of hydrogen-bond acceptors (Lipinski definition) is 6. The van der Waals surface area contributed by atoms with E-state index in [4.69, 9.17) is 16.3 Å². The molecule has 1 atom stereocenters. The number of ether oxygens (including phenoxy) is 1. The molecule has 138 valence electrons. The summed E-state index contributed by atoms with van der Waals surface area (Å²) in [5, 5.41) is 4.40. The number of hydrogen-bond donors (Lipinski definition) is 2. The molecular formula is C14H18ClN3O6S. The average Bonchev–Trinajstić information content (AvgIpc) is 2.51. The van der Waals surface area contributed by atoms with E-state index in [1.807, 2.05) is 5.32 Å². The van der Waals surface area contributed by atoms with E-state index < -0.39 is 40.6 Å². The normalized spacial score (nSPS) is 12.0. The van der Waals surface area contributed by atoms with Crippen LogP contribution in [0.5, 0.6) is 0 Å². The largest absolute Gasteiger partial charge is 0.451 e. The molecule has 0 aliphatic carbocycles. The van der Waals surface area contributed by atoms with E-state index in [0.717, 1.165) is 10.6 Å². The van der Waals surface area contributed by atoms with Gasteiger partial charge in [0.2, 0.25) is 10.0 Å². The van der Waals surface area contributed by atoms with Crippen molar-refractivity contribution in [2.24, 2.45) is 0 Å². The summed E-state index contributed by atoms with van der Waals surface area (Å²) in [5.74, 6) is -1.81. The molecule has 0 saturated carbocycles. The van der Waals surface area contributed by atoms with Crippen molar-refractivity contribution in [3.05, 3.63) is 29.3 Å². The van der Waals surface area contributed by atoms with Gasteiger partial charge in [0.05, 0.1) is 11.9 Å². The summed E-state index contributed by atoms with van der Waals surface area (Å²) in [6.07, 6.45) is -0.367. The molecule has 0 saturated heterocycles. The van der Waals surface area contributed by atoms with Crippen LogP contribution in [-0.2, 0) is 24.3 Å². The molecule has 25 heavy (non-hydrogen) atoms. The van der Waals surface area contributed by atoms with Gasteiger partial charge in [0.1, 0.15) is 6.54 Å². The maximum absolute atomic E-state index is 12.0. The van der Waals surface area contributed by atoms with Gasteiger partial charge in [0.25, 0.3) is 5.91 Å². The van der Waals surface area contributed by atoms with E-state index >= 15 is 0 Å². The lowest BCUT2D eigenvalue weighted by Gasteiger charge is -2.22. The molecule has 0 aliphatic rings. The van der Waals surface area contributed by atoms with Crippen LogP contribution in [0, 0.1) is 0 Å². The third-order valence-electron chi connectivity index (χ3n) is 2.91. The molecule has 11 heteroatoms. The number of carbonyl (C=O) groups is 3. The predicted molar refractivity (Wildman–Crippen MR) is 91.8 cm³/mol. The number of halogens is 1. The Morgan fingerprint density at radius 2 is 1.96 bits per heavy atom. The molecule has 0 aromatic heterocycles. The molecule has 0 unspecified atom stereocenters. The number of sulfonamides is 1. The second-order valence-electron chi connectivity index (χ2n) is 4.95. The Morgan fingerprint density at radius 1 is 1.32 bits per heavy atom. The maximum Gasteiger partial charge on any atom is 0.327 e. The van der Waals surface area contributed by atoms with Crippen molar-refractivity contribution in [2.45, 2.75) is 13.0 Å². The molecule has 1 aromatic carbocycles. The molecule has 0 fully saturated rings. The summed E-state index contributed by atoms with van der Waals surface area (Å²) in [6.45, 7) is 0.594. The first-order chi connectivity index (χ1) is 11.5. The van der Waals surface area contributed by atoms with Gasteiger partial charge in [-0.05, 0) is 25.1 Å². The first-order valence-corrected chi connectivity index (χ1v) is 9.22. The second kappa shape index (κ2) is 8.67. The summed E-state index contributed by atoms with van der Waals surface area (Å²) in [4.78, 5) is 34.7. The zero-order valence-corrected chi connectivity index (χ0v) is 15.3. The van der Waals surface area contributed by atoms with Crippen molar-refractivity contribution >= 4 is 45.2 Å². The van der Waals surface area contributed by atoms with E-state index in [1.54, 1.807) is 6.07 Å². The highest BCUT2D eigenvalue weighted by molar-refractivity contribution is 7.92. The van der Waals surface area contributed by atoms with Gasteiger partial charge in [-0.25, -0.2) is 13.2 Å². The maximum atomic E-state index is 12.0. The fourth-order valence-electron chi connectivity index (χ4n) is 1.71. The Kier molecular flexibility index (Phi) is 7.19. The van der Waals surface area contributed by atoms with Crippen molar-refractivity contribution in [1.29, 1.82) is 0 Å². The molecule has 3 amide bonds. The molecule has 1 rings (SSSR count). The van der Waals surface area contributed by atoms with E-state index in [2.05, 4.69) is 5.32 Å². The summed E-state index contributed by atoms with van der Waals surface area (Å²) >= 11 is 5.84. The molecule has 9 nitrogen and oxygen atoms in total. The van der Waals surface area contributed by atoms with Crippen LogP contribution in [0.3, 0.4) is 0 Å². The highest BCUT2D eigenvalue weighted by Crippen LogP contribution is 2.21. The van der Waals surface area contributed by atoms with Gasteiger partial charge in [-0.15, -0.1) is 0 Å². The molecule has 0 heterocycles. The number of imide groups is 1. The highest BCUT2D eigenvalue weighted by atomic mass is 35.5. The quantitative estimate of drug-likeness (QED) is 0.680. The Bertz CT molecular complexity index is 768. The van der Waals surface area contributed by atoms with Gasteiger partial charge in [-0.2, -0.15) is 0 Å². The zero-order chi connectivity index (χ0) is 19.2. The molecule has 0 aliphatic heterocycles. The number of benzene rings is 1. The van der Waals surface area contributed by atoms with Crippen LogP contribution in [0.1, 0.15) is 6.92 Å². The number of nitrogens with zero attached hydrogens (tertiary/aromatic N) is 1. The fourth-order valence-corrected chi connectivity index (χ4v) is 2.73. The van der Waals surface area contributed by atoms with Gasteiger partial charge < -0.3 is 10.1 Å². The van der Waals surface area contributed by atoms with Crippen molar-refractivity contribution in [3.63, 3.8) is 0 Å². The fraction of sp³-hybridized carbons (Fsp3) is 0.357. The number of anilines is 1. The van der Waals surface area contributed by atoms with Crippen LogP contribution < -0.4 is 14.9 Å². The van der Waals surface area contributed by atoms with Gasteiger partial charge in [0.15, 0.2) is 6.10 Å². The van der Waals surface area contributed by atoms with Crippen LogP contribution >= 0.6 is 11.6 Å². The Morgan fingerprint density at radius 3 is 2.48 bits per heavy atom. The van der Waals surface area contributed by atoms with Crippen molar-refractivity contribution < 1.29 is 27.5 Å². The third kappa shape index (κ3) is 6.59. The molecule has 0 spiro atoms. The highest BCUT2D eigenvalue weighted by Gasteiger charge is 2.25. The first kappa shape index (κ1) is 20.7. The van der Waals surface area contributed by atoms with E-state index in [0.29, 0.717) is 0 Å². The summed E-state index contributed by atoms with van der Waals surface area (Å²) in [7, 11) is -2.49. The Hall–Kier alpha value is -2.33. The Balaban J connectivity index is 2.83. The molecule has 1 aromatic rings. The minimum Gasteiger partial charge on any atom is -0.451 e. The minimum absolute atomic E-state index is 0.175. The van der Waals surface area contributed by atoms with Crippen LogP contribution in [0.15, 0.2) is 24.3 Å². The van der Waals surface area contributed by atoms with E-state index in [-0.39, 0.29) is 10.7 Å². The van der Waals surface area contributed by atoms with Gasteiger partial charge in [-0.1, -0.05) is 17.7 Å². The number of rotatable bonds is 6. The van der Waals surface area contributed by atoms with Gasteiger partial charge in [0, 0.05) is 12.1 Å². The standard InChI is InChI=1S/C14H18ClN3O6S/c1-9(13(20)17-14(21)16-2)24-12(19)8-18(25(3,22)23)11-6-4-5-10(15)7-11/h4-7,9H,8H2,1-3H3,(H2,16,17,20,21)/t9-/m0/s1. The van der Waals surface area contributed by atoms with Crippen molar-refractivity contribution in [1.82, 2.24) is 10.6 Å². The molecule has 2 N–H and O–H groups in total. The smallest absolute Gasteiger partial charge is 0.327 e. The third-order valence-corrected chi connectivity index (χ3v) is 4.29.